The molecule has 1 atom stereocenters. The summed E-state index contributed by atoms with van der Waals surface area (Å²) in [7, 11) is 0. The number of amides is 1. The molecule has 23 heavy (non-hydrogen) atoms. The van der Waals surface area contributed by atoms with Gasteiger partial charge in [0.25, 0.3) is 0 Å². The minimum atomic E-state index is -0.0424. The number of carbonyl (C=O) groups is 1. The highest BCUT2D eigenvalue weighted by Crippen LogP contribution is 2.35. The average molecular weight is 309 g/mol. The number of H-pyrrole nitrogens is 1. The van der Waals surface area contributed by atoms with E-state index in [-0.39, 0.29) is 11.9 Å². The lowest BCUT2D eigenvalue weighted by Crippen LogP contribution is -2.36. The van der Waals surface area contributed by atoms with Gasteiger partial charge in [-0.3, -0.25) is 9.89 Å². The summed E-state index contributed by atoms with van der Waals surface area (Å²) in [6.07, 6.45) is 4.13. The first-order valence-corrected chi connectivity index (χ1v) is 8.00. The maximum absolute atomic E-state index is 12.9. The Labute approximate surface area is 134 Å². The first-order valence-electron chi connectivity index (χ1n) is 8.00. The van der Waals surface area contributed by atoms with Gasteiger partial charge in [-0.15, -0.1) is 0 Å². The van der Waals surface area contributed by atoms with E-state index in [1.54, 1.807) is 6.26 Å². The van der Waals surface area contributed by atoms with Crippen LogP contribution < -0.4 is 0 Å². The van der Waals surface area contributed by atoms with Gasteiger partial charge in [-0.25, -0.2) is 0 Å². The van der Waals surface area contributed by atoms with Gasteiger partial charge in [0.1, 0.15) is 5.76 Å². The fourth-order valence-corrected chi connectivity index (χ4v) is 3.15. The van der Waals surface area contributed by atoms with E-state index < -0.39 is 0 Å². The number of para-hydroxylation sites is 1. The number of hydrogen-bond donors (Lipinski definition) is 1. The summed E-state index contributed by atoms with van der Waals surface area (Å²) in [5, 5.41) is 8.30. The largest absolute Gasteiger partial charge is 0.467 e. The minimum Gasteiger partial charge on any atom is -0.467 e. The van der Waals surface area contributed by atoms with Crippen LogP contribution in [0, 0.1) is 0 Å². The summed E-state index contributed by atoms with van der Waals surface area (Å²) >= 11 is 0. The van der Waals surface area contributed by atoms with Crippen molar-refractivity contribution in [1.82, 2.24) is 15.1 Å². The molecule has 2 heterocycles. The third-order valence-electron chi connectivity index (χ3n) is 4.47. The van der Waals surface area contributed by atoms with Gasteiger partial charge in [-0.1, -0.05) is 18.2 Å². The standard InChI is InChI=1S/C18H19N3O2/c1-12(17-7-4-10-23-17)21(13-8-9-13)18(22)11-16-14-5-2-3-6-15(14)19-20-16/h2-7,10,12-13H,8-9,11H2,1H3,(H,19,20)/t12-/m1/s1. The lowest BCUT2D eigenvalue weighted by Gasteiger charge is -2.28. The lowest BCUT2D eigenvalue weighted by atomic mass is 10.1. The number of aromatic nitrogens is 2. The normalized spacial score (nSPS) is 15.7. The molecule has 0 bridgehead atoms. The summed E-state index contributed by atoms with van der Waals surface area (Å²) in [4.78, 5) is 14.9. The molecule has 3 aromatic rings. The average Bonchev–Trinajstić information content (AvgIpc) is 3.09. The highest BCUT2D eigenvalue weighted by Gasteiger charge is 2.37. The molecule has 0 radical (unpaired) electrons. The van der Waals surface area contributed by atoms with Crippen molar-refractivity contribution in [3.8, 4) is 0 Å². The van der Waals surface area contributed by atoms with Gasteiger partial charge < -0.3 is 9.32 Å². The van der Waals surface area contributed by atoms with E-state index in [1.807, 2.05) is 48.2 Å². The Morgan fingerprint density at radius 3 is 2.91 bits per heavy atom. The third-order valence-corrected chi connectivity index (χ3v) is 4.47. The molecule has 1 amide bonds. The van der Waals surface area contributed by atoms with Crippen LogP contribution in [0.3, 0.4) is 0 Å². The van der Waals surface area contributed by atoms with Gasteiger partial charge in [0.2, 0.25) is 5.91 Å². The van der Waals surface area contributed by atoms with Crippen molar-refractivity contribution >= 4 is 16.8 Å². The quantitative estimate of drug-likeness (QED) is 0.785. The van der Waals surface area contributed by atoms with Crippen molar-refractivity contribution in [2.45, 2.75) is 38.3 Å². The highest BCUT2D eigenvalue weighted by molar-refractivity contribution is 5.87. The van der Waals surface area contributed by atoms with Gasteiger partial charge >= 0.3 is 0 Å². The molecule has 1 saturated carbocycles. The molecule has 118 valence electrons. The summed E-state index contributed by atoms with van der Waals surface area (Å²) in [6.45, 7) is 2.03. The Morgan fingerprint density at radius 1 is 1.35 bits per heavy atom. The number of rotatable bonds is 5. The van der Waals surface area contributed by atoms with Crippen LogP contribution in [0.2, 0.25) is 0 Å². The zero-order valence-electron chi connectivity index (χ0n) is 13.0. The number of aromatic amines is 1. The topological polar surface area (TPSA) is 62.1 Å². The van der Waals surface area contributed by atoms with Crippen molar-refractivity contribution in [3.63, 3.8) is 0 Å². The maximum atomic E-state index is 12.9. The molecular formula is C18H19N3O2. The SMILES string of the molecule is C[C@H](c1ccco1)N(C(=O)Cc1[nH]nc2ccccc12)C1CC1. The molecule has 5 heteroatoms. The van der Waals surface area contributed by atoms with E-state index in [4.69, 9.17) is 4.42 Å². The predicted molar refractivity (Wildman–Crippen MR) is 86.8 cm³/mol. The molecule has 1 aliphatic carbocycles. The van der Waals surface area contributed by atoms with Crippen LogP contribution in [-0.2, 0) is 11.2 Å². The van der Waals surface area contributed by atoms with E-state index in [9.17, 15) is 4.79 Å². The van der Waals surface area contributed by atoms with Gasteiger partial charge in [-0.05, 0) is 38.0 Å². The molecule has 2 aromatic heterocycles. The van der Waals surface area contributed by atoms with Crippen LogP contribution in [0.4, 0.5) is 0 Å². The molecule has 0 spiro atoms. The van der Waals surface area contributed by atoms with Crippen molar-refractivity contribution in [2.24, 2.45) is 0 Å². The van der Waals surface area contributed by atoms with Crippen molar-refractivity contribution in [2.75, 3.05) is 0 Å². The highest BCUT2D eigenvalue weighted by atomic mass is 16.3. The number of carbonyl (C=O) groups excluding carboxylic acids is 1. The van der Waals surface area contributed by atoms with Crippen molar-refractivity contribution < 1.29 is 9.21 Å². The van der Waals surface area contributed by atoms with Gasteiger partial charge in [0.15, 0.2) is 0 Å². The lowest BCUT2D eigenvalue weighted by molar-refractivity contribution is -0.133. The van der Waals surface area contributed by atoms with Crippen LogP contribution >= 0.6 is 0 Å². The molecule has 0 unspecified atom stereocenters. The number of benzene rings is 1. The summed E-state index contributed by atoms with van der Waals surface area (Å²) in [5.74, 6) is 0.950. The Bertz CT molecular complexity index is 818. The zero-order chi connectivity index (χ0) is 15.8. The molecule has 1 fully saturated rings. The monoisotopic (exact) mass is 309 g/mol. The number of fused-ring (bicyclic) bond motifs is 1. The van der Waals surface area contributed by atoms with Crippen LogP contribution in [-0.4, -0.2) is 27.0 Å². The first-order chi connectivity index (χ1) is 11.2. The van der Waals surface area contributed by atoms with Crippen LogP contribution in [0.15, 0.2) is 47.1 Å². The molecule has 1 aromatic carbocycles. The van der Waals surface area contributed by atoms with E-state index in [1.165, 1.54) is 0 Å². The second-order valence-corrected chi connectivity index (χ2v) is 6.12. The number of nitrogens with one attached hydrogen (secondary N) is 1. The molecule has 1 N–H and O–H groups in total. The van der Waals surface area contributed by atoms with E-state index >= 15 is 0 Å². The van der Waals surface area contributed by atoms with Gasteiger partial charge in [0, 0.05) is 11.4 Å². The zero-order valence-corrected chi connectivity index (χ0v) is 13.0. The molecule has 0 saturated heterocycles. The van der Waals surface area contributed by atoms with E-state index in [0.717, 1.165) is 35.2 Å². The molecule has 5 nitrogen and oxygen atoms in total. The van der Waals surface area contributed by atoms with Crippen LogP contribution in [0.5, 0.6) is 0 Å². The second-order valence-electron chi connectivity index (χ2n) is 6.12. The Kier molecular flexibility index (Phi) is 3.41. The Balaban J connectivity index is 1.58. The number of furan rings is 1. The third kappa shape index (κ3) is 2.63. The van der Waals surface area contributed by atoms with Crippen molar-refractivity contribution in [3.05, 3.63) is 54.1 Å². The van der Waals surface area contributed by atoms with Crippen LogP contribution in [0.25, 0.3) is 10.9 Å². The van der Waals surface area contributed by atoms with Crippen molar-refractivity contribution in [1.29, 1.82) is 0 Å². The summed E-state index contributed by atoms with van der Waals surface area (Å²) in [6, 6.07) is 11.9. The first kappa shape index (κ1) is 14.1. The van der Waals surface area contributed by atoms with Crippen LogP contribution in [0.1, 0.15) is 37.3 Å². The minimum absolute atomic E-state index is 0.0424. The second kappa shape index (κ2) is 5.57. The summed E-state index contributed by atoms with van der Waals surface area (Å²) < 4.78 is 5.50. The van der Waals surface area contributed by atoms with E-state index in [2.05, 4.69) is 10.2 Å². The Hall–Kier alpha value is -2.56. The van der Waals surface area contributed by atoms with E-state index in [0.29, 0.717) is 12.5 Å². The predicted octanol–water partition coefficient (Wildman–Crippen LogP) is 3.45. The fraction of sp³-hybridized carbons (Fsp3) is 0.333. The maximum Gasteiger partial charge on any atom is 0.229 e. The molecule has 1 aliphatic rings. The van der Waals surface area contributed by atoms with Gasteiger partial charge in [0.05, 0.1) is 29.9 Å². The molecular weight excluding hydrogens is 290 g/mol. The Morgan fingerprint density at radius 2 is 2.17 bits per heavy atom. The fourth-order valence-electron chi connectivity index (χ4n) is 3.15. The molecule has 0 aliphatic heterocycles. The van der Waals surface area contributed by atoms with Gasteiger partial charge in [-0.2, -0.15) is 5.10 Å². The number of hydrogen-bond acceptors (Lipinski definition) is 3. The molecule has 4 rings (SSSR count). The summed E-state index contributed by atoms with van der Waals surface area (Å²) in [5.41, 5.74) is 1.77. The smallest absolute Gasteiger partial charge is 0.229 e. The number of nitrogens with zero attached hydrogens (tertiary/aromatic N) is 2.